The third-order valence-electron chi connectivity index (χ3n) is 3.09. The fourth-order valence-electron chi connectivity index (χ4n) is 2.22. The van der Waals surface area contributed by atoms with Crippen molar-refractivity contribution >= 4 is 10.8 Å². The maximum absolute atomic E-state index is 5.97. The molecule has 0 bridgehead atoms. The maximum atomic E-state index is 5.97. The Hall–Kier alpha value is -1.80. The number of hydrogen-bond donors (Lipinski definition) is 1. The van der Waals surface area contributed by atoms with Crippen LogP contribution < -0.4 is 10.5 Å². The predicted molar refractivity (Wildman–Crippen MR) is 81.6 cm³/mol. The second-order valence-corrected chi connectivity index (χ2v) is 4.82. The fourth-order valence-corrected chi connectivity index (χ4v) is 2.22. The van der Waals surface area contributed by atoms with Crippen LogP contribution in [0.4, 0.5) is 0 Å². The molecule has 2 nitrogen and oxygen atoms in total. The monoisotopic (exact) mass is 255 g/mol. The molecule has 0 radical (unpaired) electrons. The minimum absolute atomic E-state index is 0.120. The molecule has 2 aromatic carbocycles. The second kappa shape index (κ2) is 6.39. The molecule has 0 heterocycles. The van der Waals surface area contributed by atoms with E-state index in [2.05, 4.69) is 30.3 Å². The summed E-state index contributed by atoms with van der Waals surface area (Å²) in [4.78, 5) is 0. The van der Waals surface area contributed by atoms with Gasteiger partial charge in [-0.15, -0.1) is 0 Å². The van der Waals surface area contributed by atoms with Gasteiger partial charge in [-0.3, -0.25) is 0 Å². The van der Waals surface area contributed by atoms with Crippen LogP contribution in [-0.4, -0.2) is 12.6 Å². The Kier molecular flexibility index (Phi) is 4.58. The van der Waals surface area contributed by atoms with Gasteiger partial charge in [0.1, 0.15) is 12.4 Å². The Morgan fingerprint density at radius 3 is 2.74 bits per heavy atom. The molecule has 100 valence electrons. The van der Waals surface area contributed by atoms with E-state index in [-0.39, 0.29) is 6.04 Å². The zero-order chi connectivity index (χ0) is 13.7. The van der Waals surface area contributed by atoms with Crippen molar-refractivity contribution in [2.24, 2.45) is 5.73 Å². The van der Waals surface area contributed by atoms with Crippen LogP contribution in [0.3, 0.4) is 0 Å². The summed E-state index contributed by atoms with van der Waals surface area (Å²) in [5.41, 5.74) is 7.18. The van der Waals surface area contributed by atoms with Gasteiger partial charge < -0.3 is 10.5 Å². The Balaban J connectivity index is 2.43. The molecule has 0 spiro atoms. The largest absolute Gasteiger partial charge is 0.489 e. The highest BCUT2D eigenvalue weighted by molar-refractivity contribution is 5.87. The summed E-state index contributed by atoms with van der Waals surface area (Å²) in [6.45, 7) is 4.62. The van der Waals surface area contributed by atoms with Crippen LogP contribution in [0, 0.1) is 0 Å². The van der Waals surface area contributed by atoms with Gasteiger partial charge in [0, 0.05) is 11.6 Å². The Labute approximate surface area is 114 Å². The SMILES string of the molecule is C/C=C/COc1ccc2ccccc2c1CC(C)N. The summed E-state index contributed by atoms with van der Waals surface area (Å²) in [6, 6.07) is 12.6. The van der Waals surface area contributed by atoms with Crippen LogP contribution in [0.2, 0.25) is 0 Å². The highest BCUT2D eigenvalue weighted by Crippen LogP contribution is 2.29. The first-order valence-corrected chi connectivity index (χ1v) is 6.72. The van der Waals surface area contributed by atoms with Crippen LogP contribution in [0.1, 0.15) is 19.4 Å². The third kappa shape index (κ3) is 3.36. The molecule has 1 unspecified atom stereocenters. The number of hydrogen-bond acceptors (Lipinski definition) is 2. The second-order valence-electron chi connectivity index (χ2n) is 4.82. The topological polar surface area (TPSA) is 35.2 Å². The predicted octanol–water partition coefficient (Wildman–Crippen LogP) is 3.68. The van der Waals surface area contributed by atoms with E-state index in [1.165, 1.54) is 16.3 Å². The minimum Gasteiger partial charge on any atom is -0.489 e. The Morgan fingerprint density at radius 2 is 2.00 bits per heavy atom. The van der Waals surface area contributed by atoms with Gasteiger partial charge in [0.2, 0.25) is 0 Å². The molecular formula is C17H21NO. The molecule has 0 amide bonds. The van der Waals surface area contributed by atoms with Gasteiger partial charge in [0.05, 0.1) is 0 Å². The summed E-state index contributed by atoms with van der Waals surface area (Å²) < 4.78 is 5.84. The van der Waals surface area contributed by atoms with Crippen molar-refractivity contribution in [3.8, 4) is 5.75 Å². The first-order valence-electron chi connectivity index (χ1n) is 6.72. The van der Waals surface area contributed by atoms with Crippen molar-refractivity contribution in [2.45, 2.75) is 26.3 Å². The van der Waals surface area contributed by atoms with E-state index in [1.807, 2.05) is 32.1 Å². The molecule has 0 aliphatic rings. The lowest BCUT2D eigenvalue weighted by molar-refractivity contribution is 0.358. The van der Waals surface area contributed by atoms with Gasteiger partial charge in [0.25, 0.3) is 0 Å². The van der Waals surface area contributed by atoms with Gasteiger partial charge in [-0.2, -0.15) is 0 Å². The lowest BCUT2D eigenvalue weighted by Gasteiger charge is -2.15. The van der Waals surface area contributed by atoms with Crippen molar-refractivity contribution < 1.29 is 4.74 Å². The number of fused-ring (bicyclic) bond motifs is 1. The van der Waals surface area contributed by atoms with Crippen molar-refractivity contribution in [1.82, 2.24) is 0 Å². The number of ether oxygens (including phenoxy) is 1. The molecule has 2 heteroatoms. The van der Waals surface area contributed by atoms with Crippen molar-refractivity contribution in [3.63, 3.8) is 0 Å². The fraction of sp³-hybridized carbons (Fsp3) is 0.294. The van der Waals surface area contributed by atoms with Gasteiger partial charge in [0.15, 0.2) is 0 Å². The van der Waals surface area contributed by atoms with E-state index in [1.54, 1.807) is 0 Å². The Morgan fingerprint density at radius 1 is 1.21 bits per heavy atom. The van der Waals surface area contributed by atoms with E-state index in [9.17, 15) is 0 Å². The van der Waals surface area contributed by atoms with Crippen molar-refractivity contribution in [3.05, 3.63) is 54.1 Å². The number of allylic oxidation sites excluding steroid dienone is 1. The van der Waals surface area contributed by atoms with Crippen LogP contribution in [-0.2, 0) is 6.42 Å². The summed E-state index contributed by atoms with van der Waals surface area (Å²) in [5, 5.41) is 2.47. The third-order valence-corrected chi connectivity index (χ3v) is 3.09. The van der Waals surface area contributed by atoms with Crippen molar-refractivity contribution in [2.75, 3.05) is 6.61 Å². The van der Waals surface area contributed by atoms with Crippen LogP contribution in [0.25, 0.3) is 10.8 Å². The van der Waals surface area contributed by atoms with Crippen LogP contribution >= 0.6 is 0 Å². The normalized spacial score (nSPS) is 13.0. The lowest BCUT2D eigenvalue weighted by Crippen LogP contribution is -2.18. The Bertz CT molecular complexity index is 572. The maximum Gasteiger partial charge on any atom is 0.123 e. The summed E-state index contributed by atoms with van der Waals surface area (Å²) >= 11 is 0. The van der Waals surface area contributed by atoms with E-state index >= 15 is 0 Å². The lowest BCUT2D eigenvalue weighted by atomic mass is 9.98. The molecule has 2 rings (SSSR count). The molecule has 0 aliphatic carbocycles. The highest BCUT2D eigenvalue weighted by Gasteiger charge is 2.10. The average Bonchev–Trinajstić information content (AvgIpc) is 2.41. The summed E-state index contributed by atoms with van der Waals surface area (Å²) in [7, 11) is 0. The number of rotatable bonds is 5. The summed E-state index contributed by atoms with van der Waals surface area (Å²) in [6.07, 6.45) is 4.82. The molecule has 19 heavy (non-hydrogen) atoms. The van der Waals surface area contributed by atoms with Crippen LogP contribution in [0.15, 0.2) is 48.6 Å². The minimum atomic E-state index is 0.120. The molecule has 0 aromatic heterocycles. The summed E-state index contributed by atoms with van der Waals surface area (Å²) in [5.74, 6) is 0.939. The standard InChI is InChI=1S/C17H21NO/c1-3-4-11-19-17-10-9-14-7-5-6-8-15(14)16(17)12-13(2)18/h3-10,13H,11-12,18H2,1-2H3/b4-3+. The molecule has 2 N–H and O–H groups in total. The molecular weight excluding hydrogens is 234 g/mol. The van der Waals surface area contributed by atoms with Gasteiger partial charge in [-0.05, 0) is 37.1 Å². The van der Waals surface area contributed by atoms with E-state index < -0.39 is 0 Å². The van der Waals surface area contributed by atoms with Gasteiger partial charge in [-0.1, -0.05) is 42.5 Å². The number of benzene rings is 2. The molecule has 0 saturated carbocycles. The van der Waals surface area contributed by atoms with E-state index in [0.29, 0.717) is 6.61 Å². The quantitative estimate of drug-likeness (QED) is 0.827. The first-order chi connectivity index (χ1) is 9.22. The molecule has 0 fully saturated rings. The molecule has 1 atom stereocenters. The van der Waals surface area contributed by atoms with E-state index in [0.717, 1.165) is 12.2 Å². The van der Waals surface area contributed by atoms with Crippen molar-refractivity contribution in [1.29, 1.82) is 0 Å². The van der Waals surface area contributed by atoms with Gasteiger partial charge in [-0.25, -0.2) is 0 Å². The zero-order valence-corrected chi connectivity index (χ0v) is 11.6. The number of nitrogens with two attached hydrogens (primary N) is 1. The zero-order valence-electron chi connectivity index (χ0n) is 11.6. The molecule has 0 aliphatic heterocycles. The molecule has 2 aromatic rings. The van der Waals surface area contributed by atoms with Gasteiger partial charge >= 0.3 is 0 Å². The average molecular weight is 255 g/mol. The smallest absolute Gasteiger partial charge is 0.123 e. The van der Waals surface area contributed by atoms with Crippen LogP contribution in [0.5, 0.6) is 5.75 Å². The first kappa shape index (κ1) is 13.6. The molecule has 0 saturated heterocycles. The highest BCUT2D eigenvalue weighted by atomic mass is 16.5. The van der Waals surface area contributed by atoms with E-state index in [4.69, 9.17) is 10.5 Å².